The summed E-state index contributed by atoms with van der Waals surface area (Å²) >= 11 is 0. The van der Waals surface area contributed by atoms with Crippen LogP contribution < -0.4 is 5.32 Å². The molecule has 1 aliphatic rings. The van der Waals surface area contributed by atoms with E-state index in [1.807, 2.05) is 26.2 Å². The second-order valence-electron chi connectivity index (χ2n) is 5.48. The molecule has 0 aromatic carbocycles. The van der Waals surface area contributed by atoms with Crippen LogP contribution in [0.15, 0.2) is 23.0 Å². The van der Waals surface area contributed by atoms with Crippen LogP contribution in [0.4, 0.5) is 0 Å². The first-order valence-corrected chi connectivity index (χ1v) is 7.19. The minimum atomic E-state index is 0.406. The first-order valence-electron chi connectivity index (χ1n) is 7.19. The van der Waals surface area contributed by atoms with Crippen molar-refractivity contribution in [3.63, 3.8) is 0 Å². The molecule has 0 aliphatic heterocycles. The van der Waals surface area contributed by atoms with Gasteiger partial charge in [0.05, 0.1) is 0 Å². The molecule has 2 aromatic rings. The first-order chi connectivity index (χ1) is 9.78. The molecule has 5 nitrogen and oxygen atoms in total. The summed E-state index contributed by atoms with van der Waals surface area (Å²) in [5.74, 6) is 1.87. The van der Waals surface area contributed by atoms with Gasteiger partial charge < -0.3 is 9.84 Å². The van der Waals surface area contributed by atoms with Crippen LogP contribution >= 0.6 is 0 Å². The van der Waals surface area contributed by atoms with E-state index in [0.29, 0.717) is 17.8 Å². The van der Waals surface area contributed by atoms with E-state index < -0.39 is 0 Å². The average Bonchev–Trinajstić information content (AvgIpc) is 2.97. The topological polar surface area (TPSA) is 63.8 Å². The molecule has 1 saturated carbocycles. The Kier molecular flexibility index (Phi) is 3.78. The van der Waals surface area contributed by atoms with Gasteiger partial charge in [0.1, 0.15) is 0 Å². The molecule has 2 aromatic heterocycles. The maximum Gasteiger partial charge on any atom is 0.230 e. The molecular formula is C15H20N4O. The Morgan fingerprint density at radius 1 is 1.25 bits per heavy atom. The summed E-state index contributed by atoms with van der Waals surface area (Å²) in [6, 6.07) is 2.57. The van der Waals surface area contributed by atoms with Gasteiger partial charge in [0.25, 0.3) is 0 Å². The van der Waals surface area contributed by atoms with E-state index in [-0.39, 0.29) is 0 Å². The molecule has 0 radical (unpaired) electrons. The molecule has 0 spiro atoms. The molecule has 0 saturated heterocycles. The Labute approximate surface area is 118 Å². The van der Waals surface area contributed by atoms with Gasteiger partial charge >= 0.3 is 0 Å². The lowest BCUT2D eigenvalue weighted by atomic mass is 9.86. The van der Waals surface area contributed by atoms with Crippen LogP contribution in [0, 0.1) is 6.92 Å². The van der Waals surface area contributed by atoms with E-state index in [4.69, 9.17) is 4.52 Å². The van der Waals surface area contributed by atoms with Crippen LogP contribution in [-0.4, -0.2) is 28.2 Å². The van der Waals surface area contributed by atoms with Gasteiger partial charge in [-0.1, -0.05) is 5.16 Å². The number of aromatic nitrogens is 3. The van der Waals surface area contributed by atoms with Crippen molar-refractivity contribution in [3.8, 4) is 11.4 Å². The van der Waals surface area contributed by atoms with Crippen LogP contribution in [0.3, 0.4) is 0 Å². The van der Waals surface area contributed by atoms with Crippen LogP contribution in [0.2, 0.25) is 0 Å². The predicted octanol–water partition coefficient (Wildman–Crippen LogP) is 2.69. The molecule has 20 heavy (non-hydrogen) atoms. The summed E-state index contributed by atoms with van der Waals surface area (Å²) in [5.41, 5.74) is 2.07. The van der Waals surface area contributed by atoms with Crippen molar-refractivity contribution in [1.29, 1.82) is 0 Å². The minimum absolute atomic E-state index is 0.406. The van der Waals surface area contributed by atoms with E-state index in [2.05, 4.69) is 20.4 Å². The standard InChI is InChI=1S/C15H20N4O/c1-10-9-17-8-7-13(10)14-18-15(20-19-14)11-3-5-12(16-2)6-4-11/h7-9,11-12,16H,3-6H2,1-2H3. The number of nitrogens with one attached hydrogen (secondary N) is 1. The fourth-order valence-corrected chi connectivity index (χ4v) is 2.86. The van der Waals surface area contributed by atoms with Crippen LogP contribution in [0.5, 0.6) is 0 Å². The number of nitrogens with zero attached hydrogens (tertiary/aromatic N) is 3. The highest BCUT2D eigenvalue weighted by Gasteiger charge is 2.26. The Hall–Kier alpha value is -1.75. The molecule has 0 atom stereocenters. The highest BCUT2D eigenvalue weighted by atomic mass is 16.5. The van der Waals surface area contributed by atoms with Crippen molar-refractivity contribution in [2.75, 3.05) is 7.05 Å². The molecule has 0 unspecified atom stereocenters. The number of pyridine rings is 1. The van der Waals surface area contributed by atoms with E-state index in [1.54, 1.807) is 6.20 Å². The lowest BCUT2D eigenvalue weighted by molar-refractivity contribution is 0.289. The normalized spacial score (nSPS) is 22.9. The van der Waals surface area contributed by atoms with Crippen molar-refractivity contribution >= 4 is 0 Å². The molecule has 2 heterocycles. The summed E-state index contributed by atoms with van der Waals surface area (Å²) in [7, 11) is 2.03. The minimum Gasteiger partial charge on any atom is -0.339 e. The number of hydrogen-bond donors (Lipinski definition) is 1. The Balaban J connectivity index is 1.76. The average molecular weight is 272 g/mol. The lowest BCUT2D eigenvalue weighted by Gasteiger charge is -2.25. The second-order valence-corrected chi connectivity index (χ2v) is 5.48. The zero-order valence-electron chi connectivity index (χ0n) is 12.0. The summed E-state index contributed by atoms with van der Waals surface area (Å²) in [6.45, 7) is 2.01. The monoisotopic (exact) mass is 272 g/mol. The van der Waals surface area contributed by atoms with Crippen LogP contribution in [0.25, 0.3) is 11.4 Å². The third-order valence-corrected chi connectivity index (χ3v) is 4.19. The SMILES string of the molecule is CNC1CCC(c2nc(-c3ccncc3C)no2)CC1. The first kappa shape index (κ1) is 13.2. The Morgan fingerprint density at radius 3 is 2.75 bits per heavy atom. The molecule has 0 bridgehead atoms. The zero-order valence-corrected chi connectivity index (χ0v) is 12.0. The largest absolute Gasteiger partial charge is 0.339 e. The van der Waals surface area contributed by atoms with Gasteiger partial charge in [-0.05, 0) is 51.3 Å². The van der Waals surface area contributed by atoms with E-state index in [0.717, 1.165) is 29.9 Å². The predicted molar refractivity (Wildman–Crippen MR) is 76.3 cm³/mol. The van der Waals surface area contributed by atoms with Crippen molar-refractivity contribution in [2.24, 2.45) is 0 Å². The smallest absolute Gasteiger partial charge is 0.230 e. The molecule has 106 valence electrons. The van der Waals surface area contributed by atoms with Gasteiger partial charge in [-0.3, -0.25) is 4.98 Å². The van der Waals surface area contributed by atoms with Gasteiger partial charge in [-0.2, -0.15) is 4.98 Å². The molecule has 3 rings (SSSR count). The summed E-state index contributed by atoms with van der Waals surface area (Å²) in [4.78, 5) is 8.68. The lowest BCUT2D eigenvalue weighted by Crippen LogP contribution is -2.29. The third kappa shape index (κ3) is 2.58. The maximum absolute atomic E-state index is 5.48. The molecule has 0 amide bonds. The summed E-state index contributed by atoms with van der Waals surface area (Å²) in [5, 5.41) is 7.47. The van der Waals surface area contributed by atoms with Gasteiger partial charge in [0.2, 0.25) is 11.7 Å². The highest BCUT2D eigenvalue weighted by molar-refractivity contribution is 5.57. The molecular weight excluding hydrogens is 252 g/mol. The molecule has 1 fully saturated rings. The highest BCUT2D eigenvalue weighted by Crippen LogP contribution is 2.33. The molecule has 5 heteroatoms. The van der Waals surface area contributed by atoms with E-state index in [9.17, 15) is 0 Å². The second kappa shape index (κ2) is 5.71. The van der Waals surface area contributed by atoms with Crippen molar-refractivity contribution in [2.45, 2.75) is 44.6 Å². The van der Waals surface area contributed by atoms with Crippen LogP contribution in [0.1, 0.15) is 43.1 Å². The number of aryl methyl sites for hydroxylation is 1. The number of rotatable bonds is 3. The van der Waals surface area contributed by atoms with Crippen molar-refractivity contribution in [3.05, 3.63) is 29.9 Å². The molecule has 1 aliphatic carbocycles. The van der Waals surface area contributed by atoms with Crippen molar-refractivity contribution < 1.29 is 4.52 Å². The summed E-state index contributed by atoms with van der Waals surface area (Å²) in [6.07, 6.45) is 8.16. The number of hydrogen-bond acceptors (Lipinski definition) is 5. The third-order valence-electron chi connectivity index (χ3n) is 4.19. The zero-order chi connectivity index (χ0) is 13.9. The fourth-order valence-electron chi connectivity index (χ4n) is 2.86. The Morgan fingerprint density at radius 2 is 2.05 bits per heavy atom. The van der Waals surface area contributed by atoms with Crippen LogP contribution in [-0.2, 0) is 0 Å². The van der Waals surface area contributed by atoms with E-state index in [1.165, 1.54) is 12.8 Å². The van der Waals surface area contributed by atoms with Gasteiger partial charge in [-0.15, -0.1) is 0 Å². The van der Waals surface area contributed by atoms with Gasteiger partial charge in [0.15, 0.2) is 0 Å². The molecule has 1 N–H and O–H groups in total. The van der Waals surface area contributed by atoms with Gasteiger partial charge in [-0.25, -0.2) is 0 Å². The van der Waals surface area contributed by atoms with E-state index >= 15 is 0 Å². The quantitative estimate of drug-likeness (QED) is 0.930. The fraction of sp³-hybridized carbons (Fsp3) is 0.533. The maximum atomic E-state index is 5.48. The Bertz CT molecular complexity index is 573. The van der Waals surface area contributed by atoms with Gasteiger partial charge in [0, 0.05) is 29.9 Å². The van der Waals surface area contributed by atoms with Crippen molar-refractivity contribution in [1.82, 2.24) is 20.4 Å². The summed E-state index contributed by atoms with van der Waals surface area (Å²) < 4.78 is 5.48.